The summed E-state index contributed by atoms with van der Waals surface area (Å²) in [6.45, 7) is -0.604. The van der Waals surface area contributed by atoms with Crippen molar-refractivity contribution in [3.05, 3.63) is 93.6 Å². The van der Waals surface area contributed by atoms with Gasteiger partial charge in [0.2, 0.25) is 23.5 Å². The number of hydrogen-bond acceptors (Lipinski definition) is 12. The average molecular weight is 931 g/mol. The van der Waals surface area contributed by atoms with Crippen LogP contribution in [0.1, 0.15) is 48.7 Å². The summed E-state index contributed by atoms with van der Waals surface area (Å²) in [5.41, 5.74) is 11.3. The van der Waals surface area contributed by atoms with Crippen molar-refractivity contribution in [1.29, 1.82) is 0 Å². The summed E-state index contributed by atoms with van der Waals surface area (Å²) in [5, 5.41) is 20.2. The van der Waals surface area contributed by atoms with Gasteiger partial charge in [-0.3, -0.25) is 9.59 Å². The second kappa shape index (κ2) is 21.2. The number of carbonyl (C=O) groups excluding carboxylic acids is 2. The molecule has 0 saturated heterocycles. The number of nitrogens with zero attached hydrogens (tertiary/aromatic N) is 8. The third-order valence-corrected chi connectivity index (χ3v) is 8.94. The number of aromatic nitrogens is 6. The Morgan fingerprint density at radius 1 is 0.677 bits per heavy atom. The molecule has 7 N–H and O–H groups in total. The third kappa shape index (κ3) is 13.3. The molecule has 0 fully saturated rings. The lowest BCUT2D eigenvalue weighted by molar-refractivity contribution is -0.244. The van der Waals surface area contributed by atoms with E-state index >= 15 is 0 Å². The topological polar surface area (TPSA) is 255 Å². The molecule has 4 aromatic rings. The minimum absolute atomic E-state index is 0. The highest BCUT2D eigenvalue weighted by Crippen LogP contribution is 2.31. The van der Waals surface area contributed by atoms with E-state index in [1.165, 1.54) is 9.80 Å². The first kappa shape index (κ1) is 51.0. The SMILES string of the molecule is N[C@@H](CC(=O)N1CCn2c(nnc2C(F)(F)F)C1)Cc1cc(F)c(F)cc1F.N[C@@H](CC(=O)N1CCn2c(nnc2C(F)(F)F)C1)Cc1cc(F)c(F)cc1F.O.O=[P+]([O-])OO.[HH]. The van der Waals surface area contributed by atoms with Crippen LogP contribution in [0.25, 0.3) is 0 Å². The Bertz CT molecular complexity index is 2090. The molecule has 17 nitrogen and oxygen atoms in total. The van der Waals surface area contributed by atoms with Crippen LogP contribution in [-0.2, 0) is 70.2 Å². The number of fused-ring (bicyclic) bond motifs is 2. The molecule has 2 aromatic carbocycles. The molecule has 344 valence electrons. The summed E-state index contributed by atoms with van der Waals surface area (Å²) in [4.78, 5) is 36.2. The Kier molecular flexibility index (Phi) is 17.4. The van der Waals surface area contributed by atoms with Gasteiger partial charge in [0.1, 0.15) is 11.6 Å². The molecule has 3 atom stereocenters. The normalized spacial score (nSPS) is 14.9. The van der Waals surface area contributed by atoms with Crippen molar-refractivity contribution in [2.45, 2.75) is 76.3 Å². The van der Waals surface area contributed by atoms with Gasteiger partial charge in [-0.25, -0.2) is 31.6 Å². The molecule has 0 spiro atoms. The van der Waals surface area contributed by atoms with Gasteiger partial charge in [0, 0.05) is 69.3 Å². The fraction of sp³-hybridized carbons (Fsp3) is 0.438. The standard InChI is InChI=1S/2C16H15F6N5O.HO4P.H2O.H2/c2*17-10-6-12(19)11(18)4-8(10)3-9(23)5-14(28)26-1-2-27-13(7-26)24-25-15(27)16(20,21)22;1-4-5(2)3;;/h2*4,6,9H,1-3,5,7,23H2;1H;1H2;1H/t2*9-;;;/m11.../s1. The molecule has 0 aliphatic carbocycles. The van der Waals surface area contributed by atoms with E-state index in [9.17, 15) is 62.3 Å². The zero-order chi connectivity index (χ0) is 45.6. The minimum Gasteiger partial charge on any atom is -0.565 e. The minimum atomic E-state index is -4.64. The Morgan fingerprint density at radius 3 is 1.31 bits per heavy atom. The number of amides is 2. The number of halogens is 12. The van der Waals surface area contributed by atoms with Gasteiger partial charge in [-0.15, -0.1) is 20.4 Å². The van der Waals surface area contributed by atoms with Gasteiger partial charge in [0.25, 0.3) is 0 Å². The van der Waals surface area contributed by atoms with E-state index in [0.29, 0.717) is 24.3 Å². The molecule has 62 heavy (non-hydrogen) atoms. The molecular weight excluding hydrogens is 895 g/mol. The Morgan fingerprint density at radius 2 is 1.00 bits per heavy atom. The molecule has 4 heterocycles. The summed E-state index contributed by atoms with van der Waals surface area (Å²) in [5.74, 6) is -10.3. The van der Waals surface area contributed by atoms with Crippen LogP contribution in [0.2, 0.25) is 0 Å². The molecule has 30 heteroatoms. The Balaban J connectivity index is 0.000000380. The lowest BCUT2D eigenvalue weighted by Gasteiger charge is -2.29. The number of hydrogen-bond donors (Lipinski definition) is 3. The van der Waals surface area contributed by atoms with Gasteiger partial charge in [-0.05, 0) is 40.7 Å². The van der Waals surface area contributed by atoms with Crippen molar-refractivity contribution in [2.75, 3.05) is 13.1 Å². The fourth-order valence-electron chi connectivity index (χ4n) is 6.02. The maximum absolute atomic E-state index is 13.7. The molecule has 2 aromatic heterocycles. The smallest absolute Gasteiger partial charge is 0.521 e. The molecule has 2 amide bonds. The number of carbonyl (C=O) groups is 2. The Hall–Kier alpha value is -5.32. The third-order valence-electron chi connectivity index (χ3n) is 8.80. The van der Waals surface area contributed by atoms with Crippen LogP contribution in [-0.4, -0.2) is 87.0 Å². The zero-order valence-corrected chi connectivity index (χ0v) is 32.1. The first-order valence-electron chi connectivity index (χ1n) is 17.2. The van der Waals surface area contributed by atoms with Gasteiger partial charge < -0.3 is 40.8 Å². The number of alkyl halides is 6. The molecule has 0 radical (unpaired) electrons. The van der Waals surface area contributed by atoms with Crippen LogP contribution >= 0.6 is 8.25 Å². The van der Waals surface area contributed by atoms with Crippen LogP contribution < -0.4 is 16.4 Å². The summed E-state index contributed by atoms with van der Waals surface area (Å²) in [7, 11) is -3.04. The van der Waals surface area contributed by atoms with E-state index in [2.05, 4.69) is 25.1 Å². The molecular formula is C32H35F12N10O7P. The van der Waals surface area contributed by atoms with Crippen LogP contribution in [0, 0.1) is 34.9 Å². The highest BCUT2D eigenvalue weighted by Gasteiger charge is 2.41. The quantitative estimate of drug-likeness (QED) is 0.0720. The lowest BCUT2D eigenvalue weighted by Crippen LogP contribution is -2.42. The van der Waals surface area contributed by atoms with E-state index in [1.807, 2.05) is 0 Å². The van der Waals surface area contributed by atoms with Crippen molar-refractivity contribution >= 4 is 20.1 Å². The highest BCUT2D eigenvalue weighted by molar-refractivity contribution is 7.30. The largest absolute Gasteiger partial charge is 0.565 e. The van der Waals surface area contributed by atoms with Crippen LogP contribution in [0.3, 0.4) is 0 Å². The predicted octanol–water partition coefficient (Wildman–Crippen LogP) is 2.95. The first-order valence-corrected chi connectivity index (χ1v) is 18.3. The molecule has 0 saturated carbocycles. The highest BCUT2D eigenvalue weighted by atomic mass is 31.1. The monoisotopic (exact) mass is 930 g/mol. The zero-order valence-electron chi connectivity index (χ0n) is 31.2. The predicted molar refractivity (Wildman–Crippen MR) is 183 cm³/mol. The molecule has 1 unspecified atom stereocenters. The summed E-state index contributed by atoms with van der Waals surface area (Å²) < 4.78 is 170. The number of nitrogens with two attached hydrogens (primary N) is 2. The first-order chi connectivity index (χ1) is 28.4. The summed E-state index contributed by atoms with van der Waals surface area (Å²) in [6, 6.07) is 0.368. The molecule has 0 bridgehead atoms. The Labute approximate surface area is 342 Å². The van der Waals surface area contributed by atoms with Crippen LogP contribution in [0.4, 0.5) is 52.7 Å². The number of rotatable bonds is 9. The summed E-state index contributed by atoms with van der Waals surface area (Å²) >= 11 is 0. The van der Waals surface area contributed by atoms with E-state index in [0.717, 1.165) is 9.13 Å². The van der Waals surface area contributed by atoms with Gasteiger partial charge in [-0.2, -0.15) is 26.3 Å². The van der Waals surface area contributed by atoms with E-state index in [-0.39, 0.29) is 94.6 Å². The van der Waals surface area contributed by atoms with Crippen molar-refractivity contribution in [2.24, 2.45) is 11.5 Å². The summed E-state index contributed by atoms with van der Waals surface area (Å²) in [6.07, 6.45) is -10.2. The molecule has 6 rings (SSSR count). The van der Waals surface area contributed by atoms with Crippen molar-refractivity contribution in [3.8, 4) is 0 Å². The van der Waals surface area contributed by atoms with Gasteiger partial charge in [0.05, 0.1) is 13.1 Å². The fourth-order valence-corrected chi connectivity index (χ4v) is 6.02. The molecule has 2 aliphatic rings. The van der Waals surface area contributed by atoms with E-state index in [4.69, 9.17) is 26.2 Å². The van der Waals surface area contributed by atoms with Gasteiger partial charge in [-0.1, -0.05) is 0 Å². The average Bonchev–Trinajstić information content (AvgIpc) is 3.81. The second-order valence-corrected chi connectivity index (χ2v) is 13.8. The van der Waals surface area contributed by atoms with Crippen molar-refractivity contribution in [3.63, 3.8) is 0 Å². The second-order valence-electron chi connectivity index (χ2n) is 13.2. The van der Waals surface area contributed by atoms with Crippen LogP contribution in [0.15, 0.2) is 24.3 Å². The number of benzene rings is 2. The van der Waals surface area contributed by atoms with Gasteiger partial charge in [0.15, 0.2) is 34.9 Å². The van der Waals surface area contributed by atoms with Crippen molar-refractivity contribution < 1.29 is 88.6 Å². The molecule has 2 aliphatic heterocycles. The maximum Gasteiger partial charge on any atom is 0.521 e. The van der Waals surface area contributed by atoms with Crippen LogP contribution in [0.5, 0.6) is 0 Å². The van der Waals surface area contributed by atoms with Crippen molar-refractivity contribution in [1.82, 2.24) is 39.3 Å². The van der Waals surface area contributed by atoms with E-state index < -0.39 is 91.1 Å². The lowest BCUT2D eigenvalue weighted by atomic mass is 10.0. The maximum atomic E-state index is 13.7. The van der Waals surface area contributed by atoms with Gasteiger partial charge >= 0.3 is 20.6 Å². The van der Waals surface area contributed by atoms with E-state index in [1.54, 1.807) is 0 Å².